The highest BCUT2D eigenvalue weighted by molar-refractivity contribution is 8.93. The lowest BCUT2D eigenvalue weighted by Crippen LogP contribution is -2.06. The van der Waals surface area contributed by atoms with Gasteiger partial charge in [0.15, 0.2) is 5.82 Å². The lowest BCUT2D eigenvalue weighted by atomic mass is 10.0. The predicted octanol–water partition coefficient (Wildman–Crippen LogP) is 2.59. The molecule has 0 aliphatic carbocycles. The third-order valence-electron chi connectivity index (χ3n) is 3.07. The van der Waals surface area contributed by atoms with Crippen LogP contribution in [0.15, 0.2) is 41.2 Å². The van der Waals surface area contributed by atoms with Crippen LogP contribution in [0, 0.1) is 5.82 Å². The Kier molecular flexibility index (Phi) is 4.71. The zero-order chi connectivity index (χ0) is 14.8. The van der Waals surface area contributed by atoms with Gasteiger partial charge in [0, 0.05) is 18.7 Å². The van der Waals surface area contributed by atoms with Gasteiger partial charge in [0.2, 0.25) is 0 Å². The molecule has 22 heavy (non-hydrogen) atoms. The minimum absolute atomic E-state index is 0. The van der Waals surface area contributed by atoms with Gasteiger partial charge < -0.3 is 5.32 Å². The summed E-state index contributed by atoms with van der Waals surface area (Å²) in [7, 11) is 1.74. The molecule has 2 aromatic heterocycles. The number of benzene rings is 1. The van der Waals surface area contributed by atoms with E-state index in [0.717, 1.165) is 5.56 Å². The SMILES string of the molecule is Br.CNc1n[nH]c(-c2ccc(F)cc2)c1-c1ccc(=O)[nH]n1. The van der Waals surface area contributed by atoms with E-state index in [1.807, 2.05) is 0 Å². The fourth-order valence-corrected chi connectivity index (χ4v) is 2.08. The molecule has 0 aliphatic rings. The Morgan fingerprint density at radius 3 is 2.36 bits per heavy atom. The standard InChI is InChI=1S/C14H12FN5O.BrH/c1-16-14-12(10-6-7-11(21)18-17-10)13(19-20-14)8-2-4-9(15)5-3-8;/h2-7H,1H3,(H,18,21)(H2,16,19,20);1H. The highest BCUT2D eigenvalue weighted by atomic mass is 79.9. The Hall–Kier alpha value is -2.48. The van der Waals surface area contributed by atoms with Gasteiger partial charge >= 0.3 is 0 Å². The van der Waals surface area contributed by atoms with Crippen LogP contribution in [0.1, 0.15) is 0 Å². The van der Waals surface area contributed by atoms with E-state index in [4.69, 9.17) is 0 Å². The Morgan fingerprint density at radius 2 is 1.77 bits per heavy atom. The molecule has 1 aromatic carbocycles. The van der Waals surface area contributed by atoms with Crippen molar-refractivity contribution in [1.82, 2.24) is 20.4 Å². The Balaban J connectivity index is 0.00000176. The van der Waals surface area contributed by atoms with Crippen LogP contribution in [0.4, 0.5) is 10.2 Å². The van der Waals surface area contributed by atoms with Crippen molar-refractivity contribution in [1.29, 1.82) is 0 Å². The second kappa shape index (κ2) is 6.52. The quantitative estimate of drug-likeness (QED) is 0.665. The van der Waals surface area contributed by atoms with Crippen molar-refractivity contribution < 1.29 is 4.39 Å². The summed E-state index contributed by atoms with van der Waals surface area (Å²) in [4.78, 5) is 11.1. The summed E-state index contributed by atoms with van der Waals surface area (Å²) in [5.41, 5.74) is 2.45. The Morgan fingerprint density at radius 1 is 1.05 bits per heavy atom. The molecule has 0 saturated heterocycles. The third kappa shape index (κ3) is 2.91. The Labute approximate surface area is 135 Å². The summed E-state index contributed by atoms with van der Waals surface area (Å²) in [6.45, 7) is 0. The largest absolute Gasteiger partial charge is 0.371 e. The van der Waals surface area contributed by atoms with Crippen LogP contribution >= 0.6 is 17.0 Å². The molecule has 3 rings (SSSR count). The molecule has 8 heteroatoms. The van der Waals surface area contributed by atoms with Gasteiger partial charge in [0.25, 0.3) is 5.56 Å². The molecule has 3 aromatic rings. The van der Waals surface area contributed by atoms with Crippen molar-refractivity contribution in [2.24, 2.45) is 0 Å². The first-order valence-corrected chi connectivity index (χ1v) is 6.27. The highest BCUT2D eigenvalue weighted by Crippen LogP contribution is 2.34. The summed E-state index contributed by atoms with van der Waals surface area (Å²) >= 11 is 0. The van der Waals surface area contributed by atoms with E-state index in [-0.39, 0.29) is 28.4 Å². The van der Waals surface area contributed by atoms with E-state index in [0.29, 0.717) is 22.8 Å². The maximum atomic E-state index is 13.1. The maximum absolute atomic E-state index is 13.1. The summed E-state index contributed by atoms with van der Waals surface area (Å²) in [6.07, 6.45) is 0. The monoisotopic (exact) mass is 365 g/mol. The van der Waals surface area contributed by atoms with Gasteiger partial charge in [-0.25, -0.2) is 9.49 Å². The van der Waals surface area contributed by atoms with Crippen molar-refractivity contribution in [3.05, 3.63) is 52.6 Å². The fourth-order valence-electron chi connectivity index (χ4n) is 2.08. The number of H-pyrrole nitrogens is 2. The van der Waals surface area contributed by atoms with Crippen molar-refractivity contribution in [3.8, 4) is 22.5 Å². The maximum Gasteiger partial charge on any atom is 0.264 e. The lowest BCUT2D eigenvalue weighted by Gasteiger charge is -2.05. The van der Waals surface area contributed by atoms with E-state index in [1.54, 1.807) is 25.2 Å². The van der Waals surface area contributed by atoms with Crippen molar-refractivity contribution in [2.75, 3.05) is 12.4 Å². The molecule has 114 valence electrons. The van der Waals surface area contributed by atoms with Crippen molar-refractivity contribution in [2.45, 2.75) is 0 Å². The second-order valence-electron chi connectivity index (χ2n) is 4.39. The molecule has 0 radical (unpaired) electrons. The number of aromatic amines is 2. The van der Waals surface area contributed by atoms with Crippen LogP contribution in [0.3, 0.4) is 0 Å². The molecule has 3 N–H and O–H groups in total. The van der Waals surface area contributed by atoms with Gasteiger partial charge in [-0.3, -0.25) is 9.89 Å². The second-order valence-corrected chi connectivity index (χ2v) is 4.39. The number of nitrogens with one attached hydrogen (secondary N) is 3. The van der Waals surface area contributed by atoms with E-state index in [9.17, 15) is 9.18 Å². The average molecular weight is 366 g/mol. The van der Waals surface area contributed by atoms with Crippen LogP contribution in [0.5, 0.6) is 0 Å². The van der Waals surface area contributed by atoms with Gasteiger partial charge in [-0.2, -0.15) is 10.2 Å². The zero-order valence-corrected chi connectivity index (χ0v) is 13.3. The fraction of sp³-hybridized carbons (Fsp3) is 0.0714. The molecule has 0 fully saturated rings. The molecule has 0 bridgehead atoms. The van der Waals surface area contributed by atoms with Gasteiger partial charge in [-0.15, -0.1) is 17.0 Å². The first kappa shape index (κ1) is 15.9. The van der Waals surface area contributed by atoms with E-state index in [1.165, 1.54) is 18.2 Å². The number of hydrogen-bond acceptors (Lipinski definition) is 4. The molecule has 0 atom stereocenters. The van der Waals surface area contributed by atoms with E-state index in [2.05, 4.69) is 25.7 Å². The van der Waals surface area contributed by atoms with Crippen molar-refractivity contribution >= 4 is 22.8 Å². The molecular formula is C14H13BrFN5O. The topological polar surface area (TPSA) is 86.5 Å². The number of anilines is 1. The van der Waals surface area contributed by atoms with Gasteiger partial charge in [0.1, 0.15) is 5.82 Å². The molecule has 2 heterocycles. The summed E-state index contributed by atoms with van der Waals surface area (Å²) < 4.78 is 13.1. The molecule has 0 saturated carbocycles. The molecule has 0 amide bonds. The number of aromatic nitrogens is 4. The lowest BCUT2D eigenvalue weighted by molar-refractivity contribution is 0.628. The number of hydrogen-bond donors (Lipinski definition) is 3. The number of halogens is 2. The molecule has 0 unspecified atom stereocenters. The average Bonchev–Trinajstić information content (AvgIpc) is 2.93. The minimum atomic E-state index is -0.309. The number of rotatable bonds is 3. The summed E-state index contributed by atoms with van der Waals surface area (Å²) in [5, 5.41) is 16.5. The zero-order valence-electron chi connectivity index (χ0n) is 11.6. The van der Waals surface area contributed by atoms with Crippen molar-refractivity contribution in [3.63, 3.8) is 0 Å². The van der Waals surface area contributed by atoms with Gasteiger partial charge in [-0.1, -0.05) is 0 Å². The van der Waals surface area contributed by atoms with Crippen LogP contribution in [0.2, 0.25) is 0 Å². The third-order valence-corrected chi connectivity index (χ3v) is 3.07. The van der Waals surface area contributed by atoms with Gasteiger partial charge in [-0.05, 0) is 30.3 Å². The Bertz CT molecular complexity index is 807. The molecular weight excluding hydrogens is 353 g/mol. The first-order valence-electron chi connectivity index (χ1n) is 6.27. The van der Waals surface area contributed by atoms with Crippen LogP contribution in [-0.2, 0) is 0 Å². The number of nitrogens with zero attached hydrogens (tertiary/aromatic N) is 2. The normalized spacial score (nSPS) is 10.1. The predicted molar refractivity (Wildman–Crippen MR) is 87.7 cm³/mol. The smallest absolute Gasteiger partial charge is 0.264 e. The highest BCUT2D eigenvalue weighted by Gasteiger charge is 2.17. The first-order chi connectivity index (χ1) is 10.2. The van der Waals surface area contributed by atoms with Crippen LogP contribution in [-0.4, -0.2) is 27.4 Å². The van der Waals surface area contributed by atoms with E-state index >= 15 is 0 Å². The van der Waals surface area contributed by atoms with Gasteiger partial charge in [0.05, 0.1) is 17.0 Å². The summed E-state index contributed by atoms with van der Waals surface area (Å²) in [5.74, 6) is 0.282. The van der Waals surface area contributed by atoms with E-state index < -0.39 is 0 Å². The molecule has 6 nitrogen and oxygen atoms in total. The molecule has 0 spiro atoms. The molecule has 0 aliphatic heterocycles. The minimum Gasteiger partial charge on any atom is -0.371 e. The van der Waals surface area contributed by atoms with Crippen LogP contribution < -0.4 is 10.9 Å². The summed E-state index contributed by atoms with van der Waals surface area (Å²) in [6, 6.07) is 9.05. The van der Waals surface area contributed by atoms with Crippen LogP contribution in [0.25, 0.3) is 22.5 Å².